The third-order valence-corrected chi connectivity index (χ3v) is 5.46. The second kappa shape index (κ2) is 16.6. The van der Waals surface area contributed by atoms with E-state index in [1.165, 1.54) is 0 Å². The van der Waals surface area contributed by atoms with E-state index in [1.807, 2.05) is 57.2 Å². The van der Waals surface area contributed by atoms with E-state index in [2.05, 4.69) is 19.7 Å². The van der Waals surface area contributed by atoms with Crippen molar-refractivity contribution in [2.24, 2.45) is 0 Å². The number of hydrogen-bond acceptors (Lipinski definition) is 3. The van der Waals surface area contributed by atoms with Gasteiger partial charge in [-0.2, -0.15) is 0 Å². The summed E-state index contributed by atoms with van der Waals surface area (Å²) in [4.78, 5) is 25.5. The SMILES string of the molecule is C=CCCCCCOC(=O)C(=C/C(=C)C)/C=C(\C)c1cc(C)cc(C(=O)CCCCCC=C)c1. The number of unbranched alkanes of at least 4 members (excludes halogenated alkanes) is 6. The number of carbonyl (C=O) groups excluding carboxylic acids is 2. The second-order valence-electron chi connectivity index (χ2n) is 8.95. The van der Waals surface area contributed by atoms with Crippen LogP contribution in [0.25, 0.3) is 5.57 Å². The molecule has 0 spiro atoms. The molecule has 1 aromatic carbocycles. The van der Waals surface area contributed by atoms with Gasteiger partial charge in [-0.25, -0.2) is 4.79 Å². The van der Waals surface area contributed by atoms with Crippen LogP contribution in [-0.4, -0.2) is 18.4 Å². The predicted molar refractivity (Wildman–Crippen MR) is 145 cm³/mol. The molecule has 3 nitrogen and oxygen atoms in total. The predicted octanol–water partition coefficient (Wildman–Crippen LogP) is 8.51. The lowest BCUT2D eigenvalue weighted by molar-refractivity contribution is -0.138. The Bertz CT molecular complexity index is 915. The van der Waals surface area contributed by atoms with Gasteiger partial charge in [0.2, 0.25) is 0 Å². The molecule has 0 atom stereocenters. The number of esters is 1. The molecule has 184 valence electrons. The van der Waals surface area contributed by atoms with E-state index in [9.17, 15) is 9.59 Å². The molecule has 0 aliphatic rings. The lowest BCUT2D eigenvalue weighted by Gasteiger charge is -2.10. The van der Waals surface area contributed by atoms with Gasteiger partial charge >= 0.3 is 5.97 Å². The lowest BCUT2D eigenvalue weighted by Crippen LogP contribution is -2.08. The van der Waals surface area contributed by atoms with Crippen molar-refractivity contribution in [3.63, 3.8) is 0 Å². The highest BCUT2D eigenvalue weighted by Crippen LogP contribution is 2.22. The largest absolute Gasteiger partial charge is 0.462 e. The maximum Gasteiger partial charge on any atom is 0.338 e. The molecule has 0 aliphatic heterocycles. The minimum Gasteiger partial charge on any atom is -0.462 e. The number of ketones is 1. The number of Topliss-reactive ketones (excluding diaryl/α,β-unsaturated/α-hetero) is 1. The zero-order valence-corrected chi connectivity index (χ0v) is 21.5. The smallest absolute Gasteiger partial charge is 0.338 e. The molecular formula is C31H42O3. The van der Waals surface area contributed by atoms with Crippen LogP contribution < -0.4 is 0 Å². The fourth-order valence-corrected chi connectivity index (χ4v) is 3.62. The Balaban J connectivity index is 2.93. The standard InChI is InChI=1S/C31H42O3/c1-7-9-11-13-15-17-30(32)28-21-25(5)20-27(23-28)26(6)22-29(19-24(3)4)31(33)34-18-16-14-12-10-8-2/h7-8,19-23H,1-3,9-18H2,4-6H3/b26-22+,29-19+. The Labute approximate surface area is 207 Å². The fraction of sp³-hybridized carbons (Fsp3) is 0.419. The molecule has 0 saturated carbocycles. The van der Waals surface area contributed by atoms with Crippen molar-refractivity contribution in [1.82, 2.24) is 0 Å². The van der Waals surface area contributed by atoms with Crippen LogP contribution in [0.4, 0.5) is 0 Å². The van der Waals surface area contributed by atoms with E-state index in [-0.39, 0.29) is 11.8 Å². The molecule has 0 fully saturated rings. The van der Waals surface area contributed by atoms with Crippen LogP contribution >= 0.6 is 0 Å². The molecule has 1 aromatic rings. The van der Waals surface area contributed by atoms with E-state index in [0.717, 1.165) is 79.2 Å². The van der Waals surface area contributed by atoms with Crippen molar-refractivity contribution in [3.05, 3.63) is 90.1 Å². The first-order chi connectivity index (χ1) is 16.3. The van der Waals surface area contributed by atoms with Gasteiger partial charge in [0.15, 0.2) is 5.78 Å². The first-order valence-electron chi connectivity index (χ1n) is 12.4. The molecule has 1 rings (SSSR count). The van der Waals surface area contributed by atoms with Gasteiger partial charge in [-0.3, -0.25) is 4.79 Å². The van der Waals surface area contributed by atoms with Crippen molar-refractivity contribution < 1.29 is 14.3 Å². The molecule has 0 unspecified atom stereocenters. The first-order valence-corrected chi connectivity index (χ1v) is 12.4. The lowest BCUT2D eigenvalue weighted by atomic mass is 9.96. The van der Waals surface area contributed by atoms with Crippen molar-refractivity contribution in [2.75, 3.05) is 6.61 Å². The van der Waals surface area contributed by atoms with Crippen molar-refractivity contribution in [3.8, 4) is 0 Å². The number of hydrogen-bond donors (Lipinski definition) is 0. The zero-order valence-electron chi connectivity index (χ0n) is 21.5. The van der Waals surface area contributed by atoms with Gasteiger partial charge in [0.25, 0.3) is 0 Å². The normalized spacial score (nSPS) is 11.7. The van der Waals surface area contributed by atoms with E-state index in [4.69, 9.17) is 4.74 Å². The summed E-state index contributed by atoms with van der Waals surface area (Å²) >= 11 is 0. The number of ether oxygens (including phenoxy) is 1. The molecular weight excluding hydrogens is 420 g/mol. The minimum absolute atomic E-state index is 0.157. The van der Waals surface area contributed by atoms with Crippen LogP contribution in [0.1, 0.15) is 93.1 Å². The number of rotatable bonds is 17. The second-order valence-corrected chi connectivity index (χ2v) is 8.95. The molecule has 0 aromatic heterocycles. The Morgan fingerprint density at radius 3 is 2.09 bits per heavy atom. The monoisotopic (exact) mass is 462 g/mol. The van der Waals surface area contributed by atoms with Gasteiger partial charge < -0.3 is 4.74 Å². The number of carbonyl (C=O) groups is 2. The van der Waals surface area contributed by atoms with Crippen LogP contribution in [0.3, 0.4) is 0 Å². The summed E-state index contributed by atoms with van der Waals surface area (Å²) in [6.07, 6.45) is 15.8. The summed E-state index contributed by atoms with van der Waals surface area (Å²) in [7, 11) is 0. The average Bonchev–Trinajstić information content (AvgIpc) is 2.79. The van der Waals surface area contributed by atoms with Crippen LogP contribution in [0, 0.1) is 6.92 Å². The number of aryl methyl sites for hydroxylation is 1. The third-order valence-electron chi connectivity index (χ3n) is 5.46. The van der Waals surface area contributed by atoms with Gasteiger partial charge in [-0.15, -0.1) is 13.2 Å². The van der Waals surface area contributed by atoms with Gasteiger partial charge in [-0.05, 0) is 107 Å². The maximum absolute atomic E-state index is 12.8. The summed E-state index contributed by atoms with van der Waals surface area (Å²) in [6, 6.07) is 5.90. The van der Waals surface area contributed by atoms with Gasteiger partial charge in [0.1, 0.15) is 0 Å². The molecule has 0 radical (unpaired) electrons. The van der Waals surface area contributed by atoms with Gasteiger partial charge in [0, 0.05) is 12.0 Å². The molecule has 0 bridgehead atoms. The topological polar surface area (TPSA) is 43.4 Å². The van der Waals surface area contributed by atoms with Crippen molar-refractivity contribution in [2.45, 2.75) is 78.6 Å². The minimum atomic E-state index is -0.352. The summed E-state index contributed by atoms with van der Waals surface area (Å²) < 4.78 is 5.50. The van der Waals surface area contributed by atoms with Gasteiger partial charge in [0.05, 0.1) is 12.2 Å². The summed E-state index contributed by atoms with van der Waals surface area (Å²) in [5.41, 5.74) is 4.82. The highest BCUT2D eigenvalue weighted by Gasteiger charge is 2.12. The summed E-state index contributed by atoms with van der Waals surface area (Å²) in [5, 5.41) is 0. The molecule has 0 N–H and O–H groups in total. The van der Waals surface area contributed by atoms with E-state index < -0.39 is 0 Å². The Kier molecular flexibility index (Phi) is 14.2. The van der Waals surface area contributed by atoms with E-state index >= 15 is 0 Å². The molecule has 0 heterocycles. The van der Waals surface area contributed by atoms with Crippen LogP contribution in [0.2, 0.25) is 0 Å². The molecule has 0 saturated heterocycles. The van der Waals surface area contributed by atoms with Crippen LogP contribution in [-0.2, 0) is 9.53 Å². The Morgan fingerprint density at radius 2 is 1.47 bits per heavy atom. The van der Waals surface area contributed by atoms with Crippen molar-refractivity contribution >= 4 is 17.3 Å². The third kappa shape index (κ3) is 11.8. The number of benzene rings is 1. The maximum atomic E-state index is 12.8. The Morgan fingerprint density at radius 1 is 0.853 bits per heavy atom. The van der Waals surface area contributed by atoms with Crippen molar-refractivity contribution in [1.29, 1.82) is 0 Å². The molecule has 3 heteroatoms. The molecule has 0 amide bonds. The quantitative estimate of drug-likeness (QED) is 0.0582. The van der Waals surface area contributed by atoms with Crippen LogP contribution in [0.15, 0.2) is 73.4 Å². The highest BCUT2D eigenvalue weighted by molar-refractivity contribution is 5.98. The van der Waals surface area contributed by atoms with Crippen LogP contribution in [0.5, 0.6) is 0 Å². The zero-order chi connectivity index (χ0) is 25.3. The number of allylic oxidation sites excluding steroid dienone is 5. The van der Waals surface area contributed by atoms with E-state index in [0.29, 0.717) is 18.6 Å². The first kappa shape index (κ1) is 29.1. The average molecular weight is 463 g/mol. The molecule has 34 heavy (non-hydrogen) atoms. The molecule has 0 aliphatic carbocycles. The Hall–Kier alpha value is -2.94. The summed E-state index contributed by atoms with van der Waals surface area (Å²) in [6.45, 7) is 17.6. The fourth-order valence-electron chi connectivity index (χ4n) is 3.62. The van der Waals surface area contributed by atoms with E-state index in [1.54, 1.807) is 6.08 Å². The highest BCUT2D eigenvalue weighted by atomic mass is 16.5. The summed E-state index contributed by atoms with van der Waals surface area (Å²) in [5.74, 6) is -0.195. The van der Waals surface area contributed by atoms with Gasteiger partial charge in [-0.1, -0.05) is 36.8 Å².